The van der Waals surface area contributed by atoms with E-state index in [1.165, 1.54) is 4.90 Å². The average Bonchev–Trinajstić information content (AvgIpc) is 2.77. The molecule has 1 atom stereocenters. The number of nitrogens with zero attached hydrogens (tertiary/aromatic N) is 2. The number of hydrogen-bond donors (Lipinski definition) is 1. The molecular formula is C26H37N3O4S. The summed E-state index contributed by atoms with van der Waals surface area (Å²) in [4.78, 5) is 28.2. The summed E-state index contributed by atoms with van der Waals surface area (Å²) < 4.78 is 26.6. The van der Waals surface area contributed by atoms with Crippen molar-refractivity contribution in [2.45, 2.75) is 53.6 Å². The Labute approximate surface area is 204 Å². The molecule has 0 spiro atoms. The number of amides is 2. The lowest BCUT2D eigenvalue weighted by atomic mass is 10.1. The minimum absolute atomic E-state index is 0.206. The summed E-state index contributed by atoms with van der Waals surface area (Å²) >= 11 is 0. The second kappa shape index (κ2) is 12.0. The molecule has 186 valence electrons. The van der Waals surface area contributed by atoms with Gasteiger partial charge in [0.05, 0.1) is 11.9 Å². The lowest BCUT2D eigenvalue weighted by Gasteiger charge is -2.33. The maximum Gasteiger partial charge on any atom is 0.244 e. The Hall–Kier alpha value is -2.87. The van der Waals surface area contributed by atoms with Crippen molar-refractivity contribution in [1.82, 2.24) is 10.2 Å². The summed E-state index contributed by atoms with van der Waals surface area (Å²) in [5.74, 6) is -0.399. The molecule has 7 nitrogen and oxygen atoms in total. The summed E-state index contributed by atoms with van der Waals surface area (Å²) in [6.07, 6.45) is 1.50. The van der Waals surface area contributed by atoms with Crippen LogP contribution in [-0.2, 0) is 26.2 Å². The van der Waals surface area contributed by atoms with E-state index in [1.807, 2.05) is 71.0 Å². The molecule has 0 aliphatic rings. The van der Waals surface area contributed by atoms with E-state index in [1.54, 1.807) is 12.1 Å². The van der Waals surface area contributed by atoms with Crippen molar-refractivity contribution in [2.75, 3.05) is 23.7 Å². The summed E-state index contributed by atoms with van der Waals surface area (Å²) in [6, 6.07) is 14.1. The third-order valence-electron chi connectivity index (χ3n) is 5.79. The first-order valence-corrected chi connectivity index (χ1v) is 13.5. The van der Waals surface area contributed by atoms with E-state index in [0.717, 1.165) is 27.3 Å². The highest BCUT2D eigenvalue weighted by atomic mass is 32.2. The van der Waals surface area contributed by atoms with E-state index in [9.17, 15) is 18.0 Å². The molecule has 1 N–H and O–H groups in total. The summed E-state index contributed by atoms with van der Waals surface area (Å²) in [5, 5.41) is 2.92. The molecule has 0 aliphatic carbocycles. The number of rotatable bonds is 11. The van der Waals surface area contributed by atoms with E-state index in [2.05, 4.69) is 5.32 Å². The van der Waals surface area contributed by atoms with Crippen LogP contribution >= 0.6 is 0 Å². The van der Waals surface area contributed by atoms with Gasteiger partial charge in [-0.2, -0.15) is 0 Å². The van der Waals surface area contributed by atoms with Crippen molar-refractivity contribution in [3.63, 3.8) is 0 Å². The highest BCUT2D eigenvalue weighted by Gasteiger charge is 2.32. The largest absolute Gasteiger partial charge is 0.354 e. The Balaban J connectivity index is 2.44. The lowest BCUT2D eigenvalue weighted by Crippen LogP contribution is -2.52. The predicted molar refractivity (Wildman–Crippen MR) is 137 cm³/mol. The maximum absolute atomic E-state index is 13.7. The van der Waals surface area contributed by atoms with Crippen LogP contribution in [0.4, 0.5) is 5.69 Å². The first-order valence-electron chi connectivity index (χ1n) is 11.6. The second-order valence-corrected chi connectivity index (χ2v) is 11.0. The highest BCUT2D eigenvalue weighted by Crippen LogP contribution is 2.25. The van der Waals surface area contributed by atoms with Gasteiger partial charge in [0.25, 0.3) is 0 Å². The van der Waals surface area contributed by atoms with Gasteiger partial charge in [-0.15, -0.1) is 0 Å². The minimum Gasteiger partial charge on any atom is -0.354 e. The number of hydrogen-bond acceptors (Lipinski definition) is 4. The molecule has 0 bridgehead atoms. The standard InChI is InChI=1S/C26H37N3O4S/c1-7-23(26(31)27-16-19(2)3)28(17-22-13-9-8-10-14-22)25(30)18-29(34(6,32)33)24-15-11-12-20(4)21(24)5/h8-15,19,23H,7,16-18H2,1-6H3,(H,27,31)/t23-/m1/s1. The Morgan fingerprint density at radius 3 is 2.21 bits per heavy atom. The SMILES string of the molecule is CC[C@H](C(=O)NCC(C)C)N(Cc1ccccc1)C(=O)CN(c1cccc(C)c1C)S(C)(=O)=O. The third-order valence-corrected chi connectivity index (χ3v) is 6.92. The van der Waals surface area contributed by atoms with Crippen molar-refractivity contribution in [1.29, 1.82) is 0 Å². The molecule has 2 aromatic carbocycles. The van der Waals surface area contributed by atoms with E-state index in [0.29, 0.717) is 18.7 Å². The van der Waals surface area contributed by atoms with E-state index >= 15 is 0 Å². The number of carbonyl (C=O) groups excluding carboxylic acids is 2. The first-order chi connectivity index (χ1) is 16.0. The molecule has 0 aliphatic heterocycles. The van der Waals surface area contributed by atoms with Gasteiger partial charge in [-0.1, -0.05) is 63.2 Å². The van der Waals surface area contributed by atoms with Crippen molar-refractivity contribution >= 4 is 27.5 Å². The second-order valence-electron chi connectivity index (χ2n) is 9.06. The van der Waals surface area contributed by atoms with Crippen LogP contribution in [0.5, 0.6) is 0 Å². The number of nitrogens with one attached hydrogen (secondary N) is 1. The first kappa shape index (κ1) is 27.4. The third kappa shape index (κ3) is 7.32. The van der Waals surface area contributed by atoms with Gasteiger partial charge < -0.3 is 10.2 Å². The van der Waals surface area contributed by atoms with E-state index in [4.69, 9.17) is 0 Å². The molecule has 0 fully saturated rings. The van der Waals surface area contributed by atoms with Crippen molar-refractivity contribution in [2.24, 2.45) is 5.92 Å². The molecule has 0 heterocycles. The fraction of sp³-hybridized carbons (Fsp3) is 0.462. The Kier molecular flexibility index (Phi) is 9.67. The number of carbonyl (C=O) groups is 2. The van der Waals surface area contributed by atoms with Gasteiger partial charge >= 0.3 is 0 Å². The smallest absolute Gasteiger partial charge is 0.244 e. The molecule has 8 heteroatoms. The number of anilines is 1. The van der Waals surface area contributed by atoms with Gasteiger partial charge in [-0.25, -0.2) is 8.42 Å². The van der Waals surface area contributed by atoms with Crippen LogP contribution < -0.4 is 9.62 Å². The van der Waals surface area contributed by atoms with Crippen LogP contribution in [0.3, 0.4) is 0 Å². The van der Waals surface area contributed by atoms with Crippen LogP contribution in [0.1, 0.15) is 43.9 Å². The van der Waals surface area contributed by atoms with Crippen LogP contribution in [0.25, 0.3) is 0 Å². The maximum atomic E-state index is 13.7. The summed E-state index contributed by atoms with van der Waals surface area (Å²) in [7, 11) is -3.75. The predicted octanol–water partition coefficient (Wildman–Crippen LogP) is 3.65. The number of benzene rings is 2. The zero-order valence-corrected chi connectivity index (χ0v) is 21.9. The van der Waals surface area contributed by atoms with Crippen LogP contribution in [-0.4, -0.2) is 50.5 Å². The lowest BCUT2D eigenvalue weighted by molar-refractivity contribution is -0.140. The van der Waals surface area contributed by atoms with Gasteiger partial charge in [0, 0.05) is 13.1 Å². The summed E-state index contributed by atoms with van der Waals surface area (Å²) in [5.41, 5.74) is 3.05. The number of aryl methyl sites for hydroxylation is 1. The molecule has 2 amide bonds. The molecule has 0 saturated carbocycles. The van der Waals surface area contributed by atoms with E-state index < -0.39 is 22.0 Å². The van der Waals surface area contributed by atoms with E-state index in [-0.39, 0.29) is 24.9 Å². The molecular weight excluding hydrogens is 450 g/mol. The highest BCUT2D eigenvalue weighted by molar-refractivity contribution is 7.92. The Morgan fingerprint density at radius 1 is 1.00 bits per heavy atom. The van der Waals surface area contributed by atoms with Gasteiger partial charge in [0.2, 0.25) is 21.8 Å². The van der Waals surface area contributed by atoms with Crippen molar-refractivity contribution in [3.05, 3.63) is 65.2 Å². The van der Waals surface area contributed by atoms with Crippen molar-refractivity contribution in [3.8, 4) is 0 Å². The Bertz CT molecular complexity index is 1080. The zero-order valence-electron chi connectivity index (χ0n) is 21.0. The topological polar surface area (TPSA) is 86.8 Å². The molecule has 2 rings (SSSR count). The molecule has 2 aromatic rings. The fourth-order valence-corrected chi connectivity index (χ4v) is 4.62. The average molecular weight is 488 g/mol. The van der Waals surface area contributed by atoms with Gasteiger partial charge in [0.1, 0.15) is 12.6 Å². The minimum atomic E-state index is -3.75. The monoisotopic (exact) mass is 487 g/mol. The molecule has 34 heavy (non-hydrogen) atoms. The quantitative estimate of drug-likeness (QED) is 0.524. The molecule has 0 unspecified atom stereocenters. The van der Waals surface area contributed by atoms with Crippen LogP contribution in [0, 0.1) is 19.8 Å². The summed E-state index contributed by atoms with van der Waals surface area (Å²) in [6.45, 7) is 9.91. The van der Waals surface area contributed by atoms with Crippen molar-refractivity contribution < 1.29 is 18.0 Å². The normalized spacial score (nSPS) is 12.3. The molecule has 0 aromatic heterocycles. The van der Waals surface area contributed by atoms with Gasteiger partial charge in [-0.3, -0.25) is 13.9 Å². The van der Waals surface area contributed by atoms with Crippen LogP contribution in [0.2, 0.25) is 0 Å². The Morgan fingerprint density at radius 2 is 1.65 bits per heavy atom. The van der Waals surface area contributed by atoms with Gasteiger partial charge in [-0.05, 0) is 48.9 Å². The van der Waals surface area contributed by atoms with Gasteiger partial charge in [0.15, 0.2) is 0 Å². The fourth-order valence-electron chi connectivity index (χ4n) is 3.72. The molecule has 0 saturated heterocycles. The zero-order chi connectivity index (χ0) is 25.5. The molecule has 0 radical (unpaired) electrons. The van der Waals surface area contributed by atoms with Crippen LogP contribution in [0.15, 0.2) is 48.5 Å². The number of sulfonamides is 1.